The van der Waals surface area contributed by atoms with Crippen LogP contribution in [0.4, 0.5) is 30.2 Å². The molecule has 1 aliphatic heterocycles. The summed E-state index contributed by atoms with van der Waals surface area (Å²) in [5, 5.41) is 13.5. The van der Waals surface area contributed by atoms with Gasteiger partial charge in [-0.2, -0.15) is 13.2 Å². The fourth-order valence-electron chi connectivity index (χ4n) is 11.5. The Morgan fingerprint density at radius 3 is 1.24 bits per heavy atom. The van der Waals surface area contributed by atoms with E-state index in [4.69, 9.17) is 58.5 Å². The van der Waals surface area contributed by atoms with Crippen LogP contribution in [0.25, 0.3) is 0 Å². The van der Waals surface area contributed by atoms with E-state index in [0.29, 0.717) is 117 Å². The van der Waals surface area contributed by atoms with Gasteiger partial charge in [0.25, 0.3) is 23.6 Å². The number of ether oxygens (including phenoxy) is 5. The van der Waals surface area contributed by atoms with E-state index >= 15 is 0 Å². The van der Waals surface area contributed by atoms with Crippen LogP contribution in [0.5, 0.6) is 28.7 Å². The lowest BCUT2D eigenvalue weighted by Crippen LogP contribution is -2.45. The summed E-state index contributed by atoms with van der Waals surface area (Å²) in [4.78, 5) is 62.4. The van der Waals surface area contributed by atoms with Crippen LogP contribution in [0.2, 0.25) is 15.1 Å². The summed E-state index contributed by atoms with van der Waals surface area (Å²) in [6.07, 6.45) is -3.54. The van der Waals surface area contributed by atoms with E-state index in [2.05, 4.69) is 61.8 Å². The minimum absolute atomic E-state index is 0.0558. The molecule has 9 rings (SSSR count). The van der Waals surface area contributed by atoms with Gasteiger partial charge in [-0.3, -0.25) is 24.1 Å². The molecule has 0 aromatic heterocycles. The summed E-state index contributed by atoms with van der Waals surface area (Å²) in [7, 11) is 10.0. The van der Waals surface area contributed by atoms with Crippen LogP contribution < -0.4 is 45.0 Å². The number of nitrogens with zero attached hydrogens (tertiary/aromatic N) is 5. The molecule has 1 fully saturated rings. The largest absolute Gasteiger partial charge is 0.493 e. The molecule has 0 atom stereocenters. The van der Waals surface area contributed by atoms with E-state index < -0.39 is 17.6 Å². The molecule has 0 saturated carbocycles. The molecule has 8 aromatic rings. The van der Waals surface area contributed by atoms with Crippen molar-refractivity contribution in [2.45, 2.75) is 88.4 Å². The Kier molecular flexibility index (Phi) is 36.5. The van der Waals surface area contributed by atoms with Crippen LogP contribution in [0.1, 0.15) is 119 Å². The number of piperazine rings is 1. The second-order valence-corrected chi connectivity index (χ2v) is 28.2. The van der Waals surface area contributed by atoms with Crippen LogP contribution >= 0.6 is 34.8 Å². The highest BCUT2D eigenvalue weighted by Gasteiger charge is 2.33. The molecule has 1 aliphatic rings. The summed E-state index contributed by atoms with van der Waals surface area (Å²) in [6.45, 7) is 30.8. The molecular formula is C85H107Cl3F3N9O9. The Hall–Kier alpha value is -8.90. The first-order chi connectivity index (χ1) is 51.9. The number of carbonyl (C=O) groups is 4. The number of hydrogen-bond acceptors (Lipinski definition) is 14. The Balaban J connectivity index is 0.000000228. The van der Waals surface area contributed by atoms with Gasteiger partial charge in [0.2, 0.25) is 0 Å². The zero-order chi connectivity index (χ0) is 79.9. The third-order valence-corrected chi connectivity index (χ3v) is 19.1. The molecule has 4 amide bonds. The van der Waals surface area contributed by atoms with Crippen molar-refractivity contribution < 1.29 is 56.0 Å². The highest BCUT2D eigenvalue weighted by molar-refractivity contribution is 6.32. The first-order valence-corrected chi connectivity index (χ1v) is 37.7. The molecule has 109 heavy (non-hydrogen) atoms. The lowest BCUT2D eigenvalue weighted by Gasteiger charge is -2.32. The van der Waals surface area contributed by atoms with Crippen molar-refractivity contribution in [2.24, 2.45) is 0 Å². The number of likely N-dealkylation sites (N-methyl/N-ethyl adjacent to an activating group) is 3. The minimum atomic E-state index is -4.45. The highest BCUT2D eigenvalue weighted by Crippen LogP contribution is 2.34. The number of nitrogens with one attached hydrogen (secondary N) is 4. The Bertz CT molecular complexity index is 4280. The summed E-state index contributed by atoms with van der Waals surface area (Å²) in [5.41, 5.74) is 9.29. The standard InChI is InChI=1S/C22H28ClN3O2.C22H27F3N2O3.C21H27ClN2O2.C20H25ClN2O2/c1-16-5-4-6-20(28-14-13-26-11-9-25(3)10-12-26)21(16)22(27)24-18-7-8-19(23)17(2)15-18;1-5-29-18-7-6-8-19(30-12-11-27(3)4)20(18)21(28)26-14-16-10-9-15(2)17(13-16)22(23,24)25;1-5-24(6-2)12-13-26-19-9-7-8-15(3)20(19)21(25)23-17-10-11-18(22)16(4)14-17;1-14-7-5-8-18(25-12-6-11-23(3)4)19(14)20(24)22-16-9-10-17(21)15(2)13-16/h4-8,15H,9-14H2,1-3H3,(H,24,27);6-10,13H,5,11-12,14H2,1-4H3,(H,26,28);7-11,14H,5-6,12-13H2,1-4H3,(H,23,25);5,7-10,13H,6,11-12H2,1-4H3,(H,22,24). The lowest BCUT2D eigenvalue weighted by atomic mass is 10.0. The maximum atomic E-state index is 13.1. The van der Waals surface area contributed by atoms with Gasteiger partial charge in [-0.15, -0.1) is 0 Å². The SMILES string of the molecule is CCN(CC)CCOc1cccc(C)c1C(=O)Nc1ccc(Cl)c(C)c1.CCOc1cccc(OCCN(C)C)c1C(=O)NCc1ccc(C)c(C(F)(F)F)c1.Cc1cc(NC(=O)c2c(C)cccc2OCCCN(C)C)ccc1Cl.Cc1cc(NC(=O)c2c(C)cccc2OCCN2CCN(C)CC2)ccc1Cl. The molecule has 8 aromatic carbocycles. The highest BCUT2D eigenvalue weighted by atomic mass is 35.5. The van der Waals surface area contributed by atoms with Gasteiger partial charge in [0.1, 0.15) is 54.1 Å². The van der Waals surface area contributed by atoms with E-state index in [1.54, 1.807) is 67.6 Å². The Morgan fingerprint density at radius 2 is 0.835 bits per heavy atom. The molecule has 0 bridgehead atoms. The van der Waals surface area contributed by atoms with Crippen LogP contribution in [0.3, 0.4) is 0 Å². The number of anilines is 3. The van der Waals surface area contributed by atoms with Crippen molar-refractivity contribution in [3.8, 4) is 28.7 Å². The minimum Gasteiger partial charge on any atom is -0.493 e. The van der Waals surface area contributed by atoms with Gasteiger partial charge in [-0.25, -0.2) is 0 Å². The third kappa shape index (κ3) is 28.8. The predicted molar refractivity (Wildman–Crippen MR) is 436 cm³/mol. The second-order valence-electron chi connectivity index (χ2n) is 27.0. The number of amides is 4. The smallest absolute Gasteiger partial charge is 0.416 e. The number of aryl methyl sites for hydroxylation is 7. The topological polar surface area (TPSA) is 179 Å². The van der Waals surface area contributed by atoms with Gasteiger partial charge in [0.05, 0.1) is 35.5 Å². The lowest BCUT2D eigenvalue weighted by molar-refractivity contribution is -0.138. The van der Waals surface area contributed by atoms with Gasteiger partial charge >= 0.3 is 6.18 Å². The van der Waals surface area contributed by atoms with Crippen molar-refractivity contribution in [3.63, 3.8) is 0 Å². The zero-order valence-corrected chi connectivity index (χ0v) is 67.8. The van der Waals surface area contributed by atoms with E-state index in [0.717, 1.165) is 110 Å². The van der Waals surface area contributed by atoms with E-state index in [9.17, 15) is 32.3 Å². The molecule has 1 saturated heterocycles. The first-order valence-electron chi connectivity index (χ1n) is 36.6. The van der Waals surface area contributed by atoms with E-state index in [-0.39, 0.29) is 35.4 Å². The van der Waals surface area contributed by atoms with Gasteiger partial charge < -0.3 is 64.6 Å². The van der Waals surface area contributed by atoms with Gasteiger partial charge in [-0.1, -0.05) is 103 Å². The zero-order valence-electron chi connectivity index (χ0n) is 65.6. The number of benzene rings is 8. The van der Waals surface area contributed by atoms with Crippen LogP contribution in [-0.4, -0.2) is 182 Å². The second kappa shape index (κ2) is 44.7. The molecule has 24 heteroatoms. The van der Waals surface area contributed by atoms with Gasteiger partial charge in [-0.05, 0) is 246 Å². The molecular weight excluding hydrogens is 1450 g/mol. The Labute approximate surface area is 657 Å². The third-order valence-electron chi connectivity index (χ3n) is 17.8. The van der Waals surface area contributed by atoms with Crippen LogP contribution in [-0.2, 0) is 12.7 Å². The summed E-state index contributed by atoms with van der Waals surface area (Å²) < 4.78 is 68.5. The summed E-state index contributed by atoms with van der Waals surface area (Å²) >= 11 is 18.2. The maximum absolute atomic E-state index is 13.1. The average molecular weight is 1560 g/mol. The molecule has 1 heterocycles. The van der Waals surface area contributed by atoms with Crippen LogP contribution in [0, 0.1) is 48.5 Å². The first kappa shape index (κ1) is 89.0. The Morgan fingerprint density at radius 1 is 0.440 bits per heavy atom. The molecule has 0 aliphatic carbocycles. The average Bonchev–Trinajstić information content (AvgIpc) is 0.857. The molecule has 0 unspecified atom stereocenters. The van der Waals surface area contributed by atoms with Crippen molar-refractivity contribution in [3.05, 3.63) is 233 Å². The number of hydrogen-bond donors (Lipinski definition) is 4. The van der Waals surface area contributed by atoms with Crippen molar-refractivity contribution in [1.29, 1.82) is 0 Å². The van der Waals surface area contributed by atoms with Crippen molar-refractivity contribution in [1.82, 2.24) is 29.8 Å². The van der Waals surface area contributed by atoms with Gasteiger partial charge in [0.15, 0.2) is 0 Å². The summed E-state index contributed by atoms with van der Waals surface area (Å²) in [5.74, 6) is 1.56. The fraction of sp³-hybridized carbons (Fsp3) is 0.388. The molecule has 4 N–H and O–H groups in total. The van der Waals surface area contributed by atoms with Crippen LogP contribution in [0.15, 0.2) is 146 Å². The monoisotopic (exact) mass is 1560 g/mol. The molecule has 588 valence electrons. The van der Waals surface area contributed by atoms with Crippen molar-refractivity contribution in [2.75, 3.05) is 150 Å². The molecule has 0 radical (unpaired) electrons. The number of carbonyl (C=O) groups excluding carboxylic acids is 4. The van der Waals surface area contributed by atoms with E-state index in [1.807, 2.05) is 147 Å². The quantitative estimate of drug-likeness (QED) is 0.0313. The molecule has 0 spiro atoms. The molecule has 18 nitrogen and oxygen atoms in total. The predicted octanol–water partition coefficient (Wildman–Crippen LogP) is 17.6. The summed E-state index contributed by atoms with van der Waals surface area (Å²) in [6, 6.07) is 42.4. The number of alkyl halides is 3. The normalized spacial score (nSPS) is 12.2. The maximum Gasteiger partial charge on any atom is 0.416 e. The van der Waals surface area contributed by atoms with Crippen molar-refractivity contribution >= 4 is 75.5 Å². The number of halogens is 6. The van der Waals surface area contributed by atoms with Gasteiger partial charge in [0, 0.05) is 91.0 Å². The fourth-order valence-corrected chi connectivity index (χ4v) is 11.8. The van der Waals surface area contributed by atoms with E-state index in [1.165, 1.54) is 13.0 Å². The number of rotatable bonds is 30.